The molecule has 4 rings (SSSR count). The molecule has 0 spiro atoms. The van der Waals surface area contributed by atoms with Crippen LogP contribution in [0.2, 0.25) is 0 Å². The zero-order chi connectivity index (χ0) is 26.0. The number of imidazole rings is 1. The largest absolute Gasteiger partial charge is 0.507 e. The SMILES string of the molecule is CCOC(=O)c1[nH]c(C)c(C(O)=C2C(=O)C(=O)N(CCCn3ccnc3)C2c2ccc(F)cc2)c1C. The number of hydrogen-bond acceptors (Lipinski definition) is 6. The third kappa shape index (κ3) is 4.53. The summed E-state index contributed by atoms with van der Waals surface area (Å²) < 4.78 is 20.6. The molecule has 1 fully saturated rings. The number of rotatable bonds is 8. The van der Waals surface area contributed by atoms with E-state index in [2.05, 4.69) is 9.97 Å². The van der Waals surface area contributed by atoms with Gasteiger partial charge in [-0.3, -0.25) is 9.59 Å². The minimum Gasteiger partial charge on any atom is -0.507 e. The fourth-order valence-electron chi connectivity index (χ4n) is 4.59. The summed E-state index contributed by atoms with van der Waals surface area (Å²) in [7, 11) is 0. The number of carbonyl (C=O) groups excluding carboxylic acids is 3. The fraction of sp³-hybridized carbons (Fsp3) is 0.308. The summed E-state index contributed by atoms with van der Waals surface area (Å²) in [5.41, 5.74) is 1.61. The van der Waals surface area contributed by atoms with Crippen molar-refractivity contribution in [1.29, 1.82) is 0 Å². The number of amides is 1. The minimum atomic E-state index is -0.923. The summed E-state index contributed by atoms with van der Waals surface area (Å²) >= 11 is 0. The molecule has 10 heteroatoms. The number of aromatic nitrogens is 3. The average molecular weight is 495 g/mol. The summed E-state index contributed by atoms with van der Waals surface area (Å²) in [4.78, 5) is 47.0. The van der Waals surface area contributed by atoms with Gasteiger partial charge in [0.2, 0.25) is 0 Å². The van der Waals surface area contributed by atoms with E-state index in [1.54, 1.807) is 39.5 Å². The molecule has 188 valence electrons. The Bertz CT molecular complexity index is 1330. The number of carbonyl (C=O) groups is 3. The number of H-pyrrole nitrogens is 1. The lowest BCUT2D eigenvalue weighted by molar-refractivity contribution is -0.139. The zero-order valence-electron chi connectivity index (χ0n) is 20.2. The number of aliphatic hydroxyl groups is 1. The van der Waals surface area contributed by atoms with Gasteiger partial charge in [0, 0.05) is 36.7 Å². The first-order chi connectivity index (χ1) is 17.2. The first kappa shape index (κ1) is 24.9. The van der Waals surface area contributed by atoms with Gasteiger partial charge in [0.05, 0.1) is 24.5 Å². The Morgan fingerprint density at radius 2 is 1.92 bits per heavy atom. The Morgan fingerprint density at radius 3 is 2.56 bits per heavy atom. The number of esters is 1. The molecule has 1 atom stereocenters. The van der Waals surface area contributed by atoms with Gasteiger partial charge in [-0.05, 0) is 50.5 Å². The van der Waals surface area contributed by atoms with E-state index >= 15 is 0 Å². The second kappa shape index (κ2) is 10.2. The van der Waals surface area contributed by atoms with Crippen LogP contribution in [0, 0.1) is 19.7 Å². The van der Waals surface area contributed by atoms with Crippen molar-refractivity contribution in [2.24, 2.45) is 0 Å². The zero-order valence-corrected chi connectivity index (χ0v) is 20.2. The molecule has 2 aromatic heterocycles. The van der Waals surface area contributed by atoms with Crippen molar-refractivity contribution in [1.82, 2.24) is 19.4 Å². The van der Waals surface area contributed by atoms with Crippen molar-refractivity contribution in [3.8, 4) is 0 Å². The van der Waals surface area contributed by atoms with E-state index in [4.69, 9.17) is 4.74 Å². The normalized spacial score (nSPS) is 17.1. The summed E-state index contributed by atoms with van der Waals surface area (Å²) in [5.74, 6) is -3.06. The highest BCUT2D eigenvalue weighted by molar-refractivity contribution is 6.46. The molecule has 0 saturated carbocycles. The molecule has 1 aliphatic heterocycles. The summed E-state index contributed by atoms with van der Waals surface area (Å²) in [6, 6.07) is 4.54. The number of aliphatic hydroxyl groups excluding tert-OH is 1. The number of likely N-dealkylation sites (tertiary alicyclic amines) is 1. The molecule has 1 unspecified atom stereocenters. The van der Waals surface area contributed by atoms with Crippen molar-refractivity contribution < 1.29 is 28.6 Å². The Labute approximate surface area is 207 Å². The highest BCUT2D eigenvalue weighted by Crippen LogP contribution is 2.41. The predicted molar refractivity (Wildman–Crippen MR) is 128 cm³/mol. The third-order valence-corrected chi connectivity index (χ3v) is 6.25. The van der Waals surface area contributed by atoms with Gasteiger partial charge in [-0.1, -0.05) is 12.1 Å². The van der Waals surface area contributed by atoms with E-state index in [9.17, 15) is 23.9 Å². The minimum absolute atomic E-state index is 0.116. The Hall–Kier alpha value is -4.21. The molecule has 1 aliphatic rings. The van der Waals surface area contributed by atoms with Gasteiger partial charge < -0.3 is 24.3 Å². The Morgan fingerprint density at radius 1 is 1.19 bits per heavy atom. The molecule has 9 nitrogen and oxygen atoms in total. The fourth-order valence-corrected chi connectivity index (χ4v) is 4.59. The van der Waals surface area contributed by atoms with Crippen molar-refractivity contribution in [3.05, 3.63) is 82.5 Å². The van der Waals surface area contributed by atoms with Gasteiger partial charge in [0.15, 0.2) is 0 Å². The molecule has 1 aromatic carbocycles. The van der Waals surface area contributed by atoms with Gasteiger partial charge in [-0.25, -0.2) is 14.2 Å². The lowest BCUT2D eigenvalue weighted by atomic mass is 9.94. The van der Waals surface area contributed by atoms with Crippen LogP contribution in [-0.4, -0.2) is 55.4 Å². The molecule has 1 amide bonds. The lowest BCUT2D eigenvalue weighted by Crippen LogP contribution is -2.31. The maximum Gasteiger partial charge on any atom is 0.355 e. The van der Waals surface area contributed by atoms with Crippen LogP contribution in [0.1, 0.15) is 52.3 Å². The second-order valence-electron chi connectivity index (χ2n) is 8.54. The van der Waals surface area contributed by atoms with Crippen LogP contribution in [0.4, 0.5) is 4.39 Å². The van der Waals surface area contributed by atoms with Crippen LogP contribution in [0.5, 0.6) is 0 Å². The van der Waals surface area contributed by atoms with Gasteiger partial charge in [-0.15, -0.1) is 0 Å². The Kier molecular flexibility index (Phi) is 7.05. The number of benzene rings is 1. The van der Waals surface area contributed by atoms with Crippen molar-refractivity contribution >= 4 is 23.4 Å². The van der Waals surface area contributed by atoms with Crippen LogP contribution in [0.25, 0.3) is 5.76 Å². The summed E-state index contributed by atoms with van der Waals surface area (Å²) in [6.45, 7) is 5.92. The number of ether oxygens (including phenoxy) is 1. The number of nitrogens with one attached hydrogen (secondary N) is 1. The van der Waals surface area contributed by atoms with E-state index in [0.717, 1.165) is 0 Å². The average Bonchev–Trinajstić information content (AvgIpc) is 3.53. The second-order valence-corrected chi connectivity index (χ2v) is 8.54. The van der Waals surface area contributed by atoms with Crippen molar-refractivity contribution in [3.63, 3.8) is 0 Å². The topological polar surface area (TPSA) is 118 Å². The van der Waals surface area contributed by atoms with Crippen molar-refractivity contribution in [2.75, 3.05) is 13.2 Å². The standard InChI is InChI=1S/C26H27FN4O5/c1-4-36-26(35)21-15(2)19(16(3)29-21)23(32)20-22(17-6-8-18(27)9-7-17)31(25(34)24(20)33)12-5-11-30-13-10-28-14-30/h6-10,13-14,22,29,32H,4-5,11-12H2,1-3H3. The van der Waals surface area contributed by atoms with Crippen molar-refractivity contribution in [2.45, 2.75) is 39.8 Å². The quantitative estimate of drug-likeness (QED) is 0.214. The first-order valence-electron chi connectivity index (χ1n) is 11.6. The van der Waals surface area contributed by atoms with Gasteiger partial charge in [0.25, 0.3) is 11.7 Å². The molecule has 0 aliphatic carbocycles. The molecule has 36 heavy (non-hydrogen) atoms. The van der Waals surface area contributed by atoms with E-state index in [1.807, 2.05) is 4.57 Å². The van der Waals surface area contributed by atoms with Gasteiger partial charge in [0.1, 0.15) is 17.3 Å². The van der Waals surface area contributed by atoms with Crippen LogP contribution in [0.3, 0.4) is 0 Å². The highest BCUT2D eigenvalue weighted by Gasteiger charge is 2.46. The monoisotopic (exact) mass is 494 g/mol. The molecule has 0 bridgehead atoms. The van der Waals surface area contributed by atoms with Gasteiger partial charge in [-0.2, -0.15) is 0 Å². The molecular weight excluding hydrogens is 467 g/mol. The molecule has 3 aromatic rings. The molecule has 1 saturated heterocycles. The number of Topliss-reactive ketones (excluding diaryl/α,β-unsaturated/α-hetero) is 1. The number of aryl methyl sites for hydroxylation is 2. The van der Waals surface area contributed by atoms with E-state index in [-0.39, 0.29) is 30.0 Å². The molecule has 0 radical (unpaired) electrons. The lowest BCUT2D eigenvalue weighted by Gasteiger charge is -2.25. The van der Waals surface area contributed by atoms with Gasteiger partial charge >= 0.3 is 5.97 Å². The third-order valence-electron chi connectivity index (χ3n) is 6.25. The number of halogens is 1. The molecule has 2 N–H and O–H groups in total. The maximum atomic E-state index is 13.7. The van der Waals surface area contributed by atoms with E-state index in [0.29, 0.717) is 29.8 Å². The first-order valence-corrected chi connectivity index (χ1v) is 11.6. The smallest absolute Gasteiger partial charge is 0.355 e. The number of hydrogen-bond donors (Lipinski definition) is 2. The number of ketones is 1. The van der Waals surface area contributed by atoms with Crippen LogP contribution >= 0.6 is 0 Å². The number of nitrogens with zero attached hydrogens (tertiary/aromatic N) is 3. The van der Waals surface area contributed by atoms with Crippen LogP contribution in [-0.2, 0) is 20.9 Å². The van der Waals surface area contributed by atoms with Crippen LogP contribution < -0.4 is 0 Å². The Balaban J connectivity index is 1.78. The summed E-state index contributed by atoms with van der Waals surface area (Å²) in [5, 5.41) is 11.4. The van der Waals surface area contributed by atoms with Crippen LogP contribution in [0.15, 0.2) is 48.6 Å². The van der Waals surface area contributed by atoms with E-state index < -0.39 is 35.3 Å². The maximum absolute atomic E-state index is 13.7. The summed E-state index contributed by atoms with van der Waals surface area (Å²) in [6.07, 6.45) is 5.63. The highest BCUT2D eigenvalue weighted by atomic mass is 19.1. The molecular formula is C26H27FN4O5. The number of aromatic amines is 1. The molecule has 3 heterocycles. The predicted octanol–water partition coefficient (Wildman–Crippen LogP) is 3.66. The van der Waals surface area contributed by atoms with E-state index in [1.165, 1.54) is 29.2 Å².